The third-order valence-corrected chi connectivity index (χ3v) is 3.58. The molecule has 112 valence electrons. The summed E-state index contributed by atoms with van der Waals surface area (Å²) in [6, 6.07) is 2.87. The number of carbonyl (C=O) groups is 1. The van der Waals surface area contributed by atoms with Crippen LogP contribution in [0.1, 0.15) is 17.2 Å². The highest BCUT2D eigenvalue weighted by Gasteiger charge is 2.32. The number of amides is 1. The lowest BCUT2D eigenvalue weighted by Gasteiger charge is -2.23. The van der Waals surface area contributed by atoms with Gasteiger partial charge >= 0.3 is 0 Å². The van der Waals surface area contributed by atoms with Gasteiger partial charge in [0, 0.05) is 16.1 Å². The molecule has 1 aliphatic heterocycles. The quantitative estimate of drug-likeness (QED) is 0.633. The van der Waals surface area contributed by atoms with Gasteiger partial charge in [0.15, 0.2) is 0 Å². The fourth-order valence-corrected chi connectivity index (χ4v) is 2.35. The first kappa shape index (κ1) is 16.5. The normalized spacial score (nSPS) is 14.9. The number of carbonyl (C=O) groups excluding carboxylic acids is 1. The number of rotatable bonds is 3. The Morgan fingerprint density at radius 2 is 2.14 bits per heavy atom. The molecule has 7 heteroatoms. The SMILES string of the molecule is C=CC(NC(=O)C(Cl)(Cl)Cl)c1cc(Cl)cc2c1OCC=C2. The summed E-state index contributed by atoms with van der Waals surface area (Å²) in [5, 5.41) is 3.09. The fraction of sp³-hybridized carbons (Fsp3) is 0.214. The molecule has 0 bridgehead atoms. The van der Waals surface area contributed by atoms with Crippen molar-refractivity contribution < 1.29 is 9.53 Å². The van der Waals surface area contributed by atoms with Crippen LogP contribution in [0.2, 0.25) is 5.02 Å². The van der Waals surface area contributed by atoms with Gasteiger partial charge in [0.1, 0.15) is 12.4 Å². The Bertz CT molecular complexity index is 608. The van der Waals surface area contributed by atoms with Crippen LogP contribution in [0.5, 0.6) is 5.75 Å². The van der Waals surface area contributed by atoms with Crippen molar-refractivity contribution in [1.29, 1.82) is 0 Å². The van der Waals surface area contributed by atoms with Crippen LogP contribution in [-0.2, 0) is 4.79 Å². The van der Waals surface area contributed by atoms with Crippen LogP contribution in [0.15, 0.2) is 30.9 Å². The molecule has 1 unspecified atom stereocenters. The van der Waals surface area contributed by atoms with E-state index in [2.05, 4.69) is 11.9 Å². The predicted molar refractivity (Wildman–Crippen MR) is 87.4 cm³/mol. The van der Waals surface area contributed by atoms with E-state index < -0.39 is 15.7 Å². The minimum absolute atomic E-state index is 0.434. The van der Waals surface area contributed by atoms with Gasteiger partial charge in [0.05, 0.1) is 6.04 Å². The molecular weight excluding hydrogens is 356 g/mol. The first-order chi connectivity index (χ1) is 9.82. The highest BCUT2D eigenvalue weighted by molar-refractivity contribution is 6.76. The maximum atomic E-state index is 11.8. The maximum Gasteiger partial charge on any atom is 0.272 e. The summed E-state index contributed by atoms with van der Waals surface area (Å²) >= 11 is 22.8. The van der Waals surface area contributed by atoms with Gasteiger partial charge in [-0.25, -0.2) is 0 Å². The molecule has 1 N–H and O–H groups in total. The topological polar surface area (TPSA) is 38.3 Å². The molecule has 1 aromatic rings. The van der Waals surface area contributed by atoms with Crippen LogP contribution in [0, 0.1) is 0 Å². The van der Waals surface area contributed by atoms with Crippen LogP contribution < -0.4 is 10.1 Å². The van der Waals surface area contributed by atoms with Gasteiger partial charge in [0.25, 0.3) is 9.70 Å². The minimum atomic E-state index is -2.05. The molecule has 2 rings (SSSR count). The standard InChI is InChI=1S/C14H11Cl4NO2/c1-2-11(19-13(20)14(16,17)18)10-7-9(15)6-8-4-3-5-21-12(8)10/h2-4,6-7,11H,1,5H2,(H,19,20). The van der Waals surface area contributed by atoms with Gasteiger partial charge < -0.3 is 10.1 Å². The zero-order chi connectivity index (χ0) is 15.6. The number of halogens is 4. The highest BCUT2D eigenvalue weighted by Crippen LogP contribution is 2.36. The summed E-state index contributed by atoms with van der Waals surface area (Å²) in [5.74, 6) is -0.131. The van der Waals surface area contributed by atoms with Crippen LogP contribution in [0.3, 0.4) is 0 Å². The molecule has 0 aliphatic carbocycles. The molecule has 0 spiro atoms. The number of hydrogen-bond acceptors (Lipinski definition) is 2. The van der Waals surface area contributed by atoms with E-state index in [4.69, 9.17) is 51.1 Å². The molecule has 21 heavy (non-hydrogen) atoms. The first-order valence-electron chi connectivity index (χ1n) is 5.96. The number of alkyl halides is 3. The van der Waals surface area contributed by atoms with Gasteiger partial charge in [-0.3, -0.25) is 4.79 Å². The number of ether oxygens (including phenoxy) is 1. The van der Waals surface area contributed by atoms with Crippen LogP contribution in [0.25, 0.3) is 6.08 Å². The Morgan fingerprint density at radius 3 is 2.76 bits per heavy atom. The molecule has 1 aliphatic rings. The van der Waals surface area contributed by atoms with Crippen molar-refractivity contribution in [1.82, 2.24) is 5.32 Å². The van der Waals surface area contributed by atoms with Crippen molar-refractivity contribution in [3.8, 4) is 5.75 Å². The van der Waals surface area contributed by atoms with E-state index in [1.54, 1.807) is 12.1 Å². The van der Waals surface area contributed by atoms with E-state index >= 15 is 0 Å². The molecule has 0 radical (unpaired) electrons. The Kier molecular flexibility index (Phi) is 5.10. The van der Waals surface area contributed by atoms with Crippen molar-refractivity contribution in [3.05, 3.63) is 47.0 Å². The summed E-state index contributed by atoms with van der Waals surface area (Å²) < 4.78 is 3.56. The monoisotopic (exact) mass is 365 g/mol. The smallest absolute Gasteiger partial charge is 0.272 e. The van der Waals surface area contributed by atoms with Crippen molar-refractivity contribution >= 4 is 58.4 Å². The van der Waals surface area contributed by atoms with Crippen molar-refractivity contribution in [2.45, 2.75) is 9.83 Å². The molecule has 0 aromatic heterocycles. The Labute approximate surface area is 142 Å². The van der Waals surface area contributed by atoms with E-state index in [1.165, 1.54) is 6.08 Å². The van der Waals surface area contributed by atoms with E-state index in [9.17, 15) is 4.79 Å². The van der Waals surface area contributed by atoms with Crippen molar-refractivity contribution in [2.24, 2.45) is 0 Å². The second-order valence-electron chi connectivity index (χ2n) is 4.31. The number of hydrogen-bond donors (Lipinski definition) is 1. The number of fused-ring (bicyclic) bond motifs is 1. The van der Waals surface area contributed by atoms with Crippen LogP contribution >= 0.6 is 46.4 Å². The molecule has 1 heterocycles. The molecule has 1 aromatic carbocycles. The average Bonchev–Trinajstić information content (AvgIpc) is 2.42. The molecule has 3 nitrogen and oxygen atoms in total. The summed E-state index contributed by atoms with van der Waals surface area (Å²) in [5.41, 5.74) is 1.47. The zero-order valence-corrected chi connectivity index (χ0v) is 13.7. The summed E-state index contributed by atoms with van der Waals surface area (Å²) in [6.07, 6.45) is 5.28. The molecule has 1 amide bonds. The molecule has 0 fully saturated rings. The first-order valence-corrected chi connectivity index (χ1v) is 7.47. The molecular formula is C14H11Cl4NO2. The zero-order valence-electron chi connectivity index (χ0n) is 10.7. The highest BCUT2D eigenvalue weighted by atomic mass is 35.6. The van der Waals surface area contributed by atoms with Gasteiger partial charge in [-0.05, 0) is 18.2 Å². The molecule has 0 saturated carbocycles. The maximum absolute atomic E-state index is 11.8. The van der Waals surface area contributed by atoms with Crippen LogP contribution in [0.4, 0.5) is 0 Å². The lowest BCUT2D eigenvalue weighted by molar-refractivity contribution is -0.120. The largest absolute Gasteiger partial charge is 0.489 e. The summed E-state index contributed by atoms with van der Waals surface area (Å²) in [4.78, 5) is 11.8. The van der Waals surface area contributed by atoms with E-state index in [1.807, 2.05) is 12.2 Å². The summed E-state index contributed by atoms with van der Waals surface area (Å²) in [6.45, 7) is 4.12. The predicted octanol–water partition coefficient (Wildman–Crippen LogP) is 4.46. The third kappa shape index (κ3) is 3.86. The number of benzene rings is 1. The lowest BCUT2D eigenvalue weighted by atomic mass is 10.0. The van der Waals surface area contributed by atoms with Crippen LogP contribution in [-0.4, -0.2) is 16.3 Å². The fourth-order valence-electron chi connectivity index (χ4n) is 1.95. The van der Waals surface area contributed by atoms with Gasteiger partial charge in [0.2, 0.25) is 0 Å². The average molecular weight is 367 g/mol. The van der Waals surface area contributed by atoms with Gasteiger partial charge in [-0.2, -0.15) is 0 Å². The van der Waals surface area contributed by atoms with E-state index in [0.29, 0.717) is 22.9 Å². The number of nitrogens with one attached hydrogen (secondary N) is 1. The molecule has 1 atom stereocenters. The second kappa shape index (κ2) is 6.49. The minimum Gasteiger partial charge on any atom is -0.489 e. The van der Waals surface area contributed by atoms with Gasteiger partial charge in [-0.1, -0.05) is 58.6 Å². The lowest BCUT2D eigenvalue weighted by Crippen LogP contribution is -2.36. The Balaban J connectivity index is 2.39. The van der Waals surface area contributed by atoms with Crippen molar-refractivity contribution in [2.75, 3.05) is 6.61 Å². The summed E-state index contributed by atoms with van der Waals surface area (Å²) in [7, 11) is 0. The van der Waals surface area contributed by atoms with Gasteiger partial charge in [-0.15, -0.1) is 6.58 Å². The van der Waals surface area contributed by atoms with E-state index in [-0.39, 0.29) is 0 Å². The third-order valence-electron chi connectivity index (χ3n) is 2.85. The van der Waals surface area contributed by atoms with E-state index in [0.717, 1.165) is 5.56 Å². The Morgan fingerprint density at radius 1 is 1.43 bits per heavy atom. The molecule has 0 saturated heterocycles. The second-order valence-corrected chi connectivity index (χ2v) is 7.03. The Hall–Kier alpha value is -0.870. The van der Waals surface area contributed by atoms with Crippen molar-refractivity contribution in [3.63, 3.8) is 0 Å².